The molecule has 1 aliphatic heterocycles. The summed E-state index contributed by atoms with van der Waals surface area (Å²) in [5.74, 6) is 0. The third kappa shape index (κ3) is 2.07. The zero-order valence-corrected chi connectivity index (χ0v) is 8.95. The summed E-state index contributed by atoms with van der Waals surface area (Å²) in [7, 11) is 4.16. The fourth-order valence-electron chi connectivity index (χ4n) is 1.52. The number of rotatable bonds is 2. The van der Waals surface area contributed by atoms with Gasteiger partial charge in [0, 0.05) is 30.9 Å². The molecule has 0 radical (unpaired) electrons. The van der Waals surface area contributed by atoms with Gasteiger partial charge >= 0.3 is 0 Å². The van der Waals surface area contributed by atoms with Gasteiger partial charge in [-0.15, -0.1) is 11.3 Å². The van der Waals surface area contributed by atoms with Gasteiger partial charge in [-0.05, 0) is 14.1 Å². The van der Waals surface area contributed by atoms with Crippen LogP contribution in [0, 0.1) is 0 Å². The Hall–Kier alpha value is -0.450. The van der Waals surface area contributed by atoms with E-state index in [1.165, 1.54) is 15.6 Å². The van der Waals surface area contributed by atoms with Crippen LogP contribution in [0.25, 0.3) is 0 Å². The monoisotopic (exact) mass is 197 g/mol. The molecule has 4 heteroatoms. The third-order valence-electron chi connectivity index (χ3n) is 2.10. The van der Waals surface area contributed by atoms with Crippen molar-refractivity contribution >= 4 is 11.3 Å². The van der Waals surface area contributed by atoms with Crippen molar-refractivity contribution < 1.29 is 0 Å². The Kier molecular flexibility index (Phi) is 2.62. The van der Waals surface area contributed by atoms with Gasteiger partial charge in [-0.3, -0.25) is 0 Å². The predicted molar refractivity (Wildman–Crippen MR) is 54.9 cm³/mol. The molecule has 0 unspecified atom stereocenters. The highest BCUT2D eigenvalue weighted by atomic mass is 32.1. The number of thiazole rings is 1. The minimum atomic E-state index is 0.970. The fourth-order valence-corrected chi connectivity index (χ4v) is 2.72. The molecule has 1 aliphatic rings. The van der Waals surface area contributed by atoms with Gasteiger partial charge in [0.25, 0.3) is 0 Å². The van der Waals surface area contributed by atoms with Gasteiger partial charge in [0.05, 0.1) is 5.69 Å². The third-order valence-corrected chi connectivity index (χ3v) is 3.18. The maximum atomic E-state index is 4.63. The molecule has 0 fully saturated rings. The molecule has 0 aliphatic carbocycles. The van der Waals surface area contributed by atoms with Crippen molar-refractivity contribution in [1.29, 1.82) is 0 Å². The second kappa shape index (κ2) is 3.74. The maximum Gasteiger partial charge on any atom is 0.107 e. The number of hydrogen-bond donors (Lipinski definition) is 1. The largest absolute Gasteiger partial charge is 0.311 e. The van der Waals surface area contributed by atoms with Crippen molar-refractivity contribution in [3.8, 4) is 0 Å². The predicted octanol–water partition coefficient (Wildman–Crippen LogP) is 0.850. The number of nitrogens with one attached hydrogen (secondary N) is 1. The van der Waals surface area contributed by atoms with Gasteiger partial charge in [0.15, 0.2) is 0 Å². The van der Waals surface area contributed by atoms with E-state index < -0.39 is 0 Å². The molecule has 0 saturated carbocycles. The molecular weight excluding hydrogens is 182 g/mol. The van der Waals surface area contributed by atoms with Crippen LogP contribution >= 0.6 is 11.3 Å². The zero-order valence-electron chi connectivity index (χ0n) is 8.13. The highest BCUT2D eigenvalue weighted by molar-refractivity contribution is 7.11. The van der Waals surface area contributed by atoms with Gasteiger partial charge in [0.2, 0.25) is 0 Å². The summed E-state index contributed by atoms with van der Waals surface area (Å²) >= 11 is 1.85. The zero-order chi connectivity index (χ0) is 9.26. The van der Waals surface area contributed by atoms with Gasteiger partial charge in [-0.1, -0.05) is 0 Å². The van der Waals surface area contributed by atoms with Gasteiger partial charge in [-0.25, -0.2) is 4.98 Å². The van der Waals surface area contributed by atoms with Crippen LogP contribution in [0.5, 0.6) is 0 Å². The van der Waals surface area contributed by atoms with Crippen molar-refractivity contribution in [1.82, 2.24) is 15.2 Å². The van der Waals surface area contributed by atoms with Crippen molar-refractivity contribution in [2.75, 3.05) is 20.6 Å². The van der Waals surface area contributed by atoms with Crippen LogP contribution in [0.15, 0.2) is 0 Å². The lowest BCUT2D eigenvalue weighted by molar-refractivity contribution is 0.401. The van der Waals surface area contributed by atoms with Crippen LogP contribution in [0.3, 0.4) is 0 Å². The molecule has 13 heavy (non-hydrogen) atoms. The highest BCUT2D eigenvalue weighted by Gasteiger charge is 2.14. The molecule has 0 spiro atoms. The number of fused-ring (bicyclic) bond motifs is 1. The molecule has 2 rings (SSSR count). The molecule has 0 bridgehead atoms. The lowest BCUT2D eigenvalue weighted by Crippen LogP contribution is -2.22. The molecule has 3 nitrogen and oxygen atoms in total. The summed E-state index contributed by atoms with van der Waals surface area (Å²) in [5, 5.41) is 4.61. The van der Waals surface area contributed by atoms with Crippen LogP contribution in [-0.2, 0) is 19.5 Å². The molecule has 72 valence electrons. The number of nitrogens with zero attached hydrogens (tertiary/aromatic N) is 2. The minimum absolute atomic E-state index is 0.970. The molecule has 0 amide bonds. The Morgan fingerprint density at radius 2 is 2.38 bits per heavy atom. The van der Waals surface area contributed by atoms with E-state index in [1.807, 2.05) is 11.3 Å². The summed E-state index contributed by atoms with van der Waals surface area (Å²) in [4.78, 5) is 8.23. The van der Waals surface area contributed by atoms with Crippen LogP contribution in [-0.4, -0.2) is 30.5 Å². The topological polar surface area (TPSA) is 28.2 Å². The molecule has 1 aromatic heterocycles. The van der Waals surface area contributed by atoms with Crippen LogP contribution in [0.1, 0.15) is 15.6 Å². The van der Waals surface area contributed by atoms with E-state index in [0.717, 1.165) is 26.1 Å². The van der Waals surface area contributed by atoms with E-state index in [9.17, 15) is 0 Å². The molecule has 0 saturated heterocycles. The summed E-state index contributed by atoms with van der Waals surface area (Å²) in [6, 6.07) is 0. The first-order valence-corrected chi connectivity index (χ1v) is 5.40. The van der Waals surface area contributed by atoms with Crippen LogP contribution in [0.4, 0.5) is 0 Å². The Labute approximate surface area is 82.8 Å². The normalized spacial score (nSPS) is 16.2. The summed E-state index contributed by atoms with van der Waals surface area (Å²) in [6.07, 6.45) is 1.10. The quantitative estimate of drug-likeness (QED) is 0.762. The average Bonchev–Trinajstić information content (AvgIpc) is 2.44. The van der Waals surface area contributed by atoms with Crippen molar-refractivity contribution in [3.63, 3.8) is 0 Å². The van der Waals surface area contributed by atoms with E-state index in [4.69, 9.17) is 0 Å². The SMILES string of the molecule is CN(C)Cc1nc2c(s1)CNCC2. The maximum absolute atomic E-state index is 4.63. The Morgan fingerprint density at radius 1 is 1.54 bits per heavy atom. The van der Waals surface area contributed by atoms with Crippen LogP contribution < -0.4 is 5.32 Å². The van der Waals surface area contributed by atoms with Crippen molar-refractivity contribution in [3.05, 3.63) is 15.6 Å². The summed E-state index contributed by atoms with van der Waals surface area (Å²) in [5.41, 5.74) is 1.32. The minimum Gasteiger partial charge on any atom is -0.311 e. The molecular formula is C9H15N3S. The Bertz CT molecular complexity index is 270. The second-order valence-corrected chi connectivity index (χ2v) is 4.81. The van der Waals surface area contributed by atoms with Gasteiger partial charge in [0.1, 0.15) is 5.01 Å². The highest BCUT2D eigenvalue weighted by Crippen LogP contribution is 2.21. The first kappa shape index (κ1) is 9.12. The average molecular weight is 197 g/mol. The van der Waals surface area contributed by atoms with E-state index in [1.54, 1.807) is 0 Å². The van der Waals surface area contributed by atoms with Crippen molar-refractivity contribution in [2.45, 2.75) is 19.5 Å². The summed E-state index contributed by atoms with van der Waals surface area (Å²) < 4.78 is 0. The van der Waals surface area contributed by atoms with Gasteiger partial charge in [-0.2, -0.15) is 0 Å². The van der Waals surface area contributed by atoms with Crippen LogP contribution in [0.2, 0.25) is 0 Å². The smallest absolute Gasteiger partial charge is 0.107 e. The molecule has 1 aromatic rings. The van der Waals surface area contributed by atoms with E-state index in [-0.39, 0.29) is 0 Å². The molecule has 2 heterocycles. The first-order chi connectivity index (χ1) is 6.25. The lowest BCUT2D eigenvalue weighted by Gasteiger charge is -2.09. The Balaban J connectivity index is 2.15. The molecule has 0 atom stereocenters. The fraction of sp³-hybridized carbons (Fsp3) is 0.667. The number of aromatic nitrogens is 1. The van der Waals surface area contributed by atoms with E-state index in [0.29, 0.717) is 0 Å². The Morgan fingerprint density at radius 3 is 3.08 bits per heavy atom. The van der Waals surface area contributed by atoms with Crippen molar-refractivity contribution in [2.24, 2.45) is 0 Å². The summed E-state index contributed by atoms with van der Waals surface area (Å²) in [6.45, 7) is 3.07. The molecule has 1 N–H and O–H groups in total. The standard InChI is InChI=1S/C9H15N3S/c1-12(2)6-9-11-7-3-4-10-5-8(7)13-9/h10H,3-6H2,1-2H3. The first-order valence-electron chi connectivity index (χ1n) is 4.58. The second-order valence-electron chi connectivity index (χ2n) is 3.64. The van der Waals surface area contributed by atoms with E-state index in [2.05, 4.69) is 29.3 Å². The number of hydrogen-bond acceptors (Lipinski definition) is 4. The van der Waals surface area contributed by atoms with Gasteiger partial charge < -0.3 is 10.2 Å². The lowest BCUT2D eigenvalue weighted by atomic mass is 10.2. The van der Waals surface area contributed by atoms with E-state index >= 15 is 0 Å². The molecule has 0 aromatic carbocycles.